The Hall–Kier alpha value is -0.150. The Bertz CT molecular complexity index is 341. The second-order valence-electron chi connectivity index (χ2n) is 7.82. The van der Waals surface area contributed by atoms with Gasteiger partial charge in [0.05, 0.1) is 0 Å². The first-order valence-electron chi connectivity index (χ1n) is 9.52. The number of carbonyl (C=O) groups is 1. The monoisotopic (exact) mass is 378 g/mol. The van der Waals surface area contributed by atoms with Gasteiger partial charge in [0.15, 0.2) is 0 Å². The van der Waals surface area contributed by atoms with E-state index in [1.165, 1.54) is 0 Å². The standard InChI is InChI=1S/C19H32Cl2O3/c1-13(11-20)15-3-7-17(8-4-15)23-19(22)24-18-9-5-16(6-10-18)14(2)12-21/h13-18H,3-12H2,1-2H3. The molecule has 2 saturated carbocycles. The molecule has 0 aromatic carbocycles. The zero-order chi connectivity index (χ0) is 17.5. The SMILES string of the molecule is CC(CCl)C1CCC(OC(=O)OC2CCC(C(C)CCl)CC2)CC1. The third-order valence-electron chi connectivity index (χ3n) is 6.06. The maximum absolute atomic E-state index is 12.0. The van der Waals surface area contributed by atoms with Crippen molar-refractivity contribution < 1.29 is 14.3 Å². The van der Waals surface area contributed by atoms with E-state index in [4.69, 9.17) is 32.7 Å². The minimum Gasteiger partial charge on any atom is -0.431 e. The molecule has 5 heteroatoms. The molecule has 0 heterocycles. The summed E-state index contributed by atoms with van der Waals surface area (Å²) in [4.78, 5) is 12.0. The molecule has 0 bridgehead atoms. The lowest BCUT2D eigenvalue weighted by Crippen LogP contribution is -2.31. The summed E-state index contributed by atoms with van der Waals surface area (Å²) >= 11 is 11.9. The van der Waals surface area contributed by atoms with Gasteiger partial charge >= 0.3 is 6.16 Å². The van der Waals surface area contributed by atoms with Crippen molar-refractivity contribution in [2.45, 2.75) is 77.4 Å². The van der Waals surface area contributed by atoms with Crippen LogP contribution in [0.3, 0.4) is 0 Å². The van der Waals surface area contributed by atoms with Gasteiger partial charge in [-0.05, 0) is 75.0 Å². The highest BCUT2D eigenvalue weighted by Gasteiger charge is 2.30. The normalized spacial score (nSPS) is 33.5. The first-order valence-corrected chi connectivity index (χ1v) is 10.6. The van der Waals surface area contributed by atoms with Crippen LogP contribution in [0.4, 0.5) is 4.79 Å². The van der Waals surface area contributed by atoms with Crippen LogP contribution in [-0.4, -0.2) is 30.1 Å². The lowest BCUT2D eigenvalue weighted by atomic mass is 9.80. The van der Waals surface area contributed by atoms with E-state index < -0.39 is 6.16 Å². The number of halogens is 2. The van der Waals surface area contributed by atoms with Gasteiger partial charge in [-0.3, -0.25) is 0 Å². The van der Waals surface area contributed by atoms with E-state index in [-0.39, 0.29) is 12.2 Å². The molecule has 2 aliphatic carbocycles. The Morgan fingerprint density at radius 2 is 1.12 bits per heavy atom. The van der Waals surface area contributed by atoms with Crippen molar-refractivity contribution in [3.8, 4) is 0 Å². The third kappa shape index (κ3) is 5.98. The molecule has 0 spiro atoms. The number of carbonyl (C=O) groups excluding carboxylic acids is 1. The Morgan fingerprint density at radius 1 is 0.792 bits per heavy atom. The van der Waals surface area contributed by atoms with Crippen LogP contribution in [0.5, 0.6) is 0 Å². The Kier molecular flexibility index (Phi) is 8.49. The van der Waals surface area contributed by atoms with Gasteiger partial charge in [0, 0.05) is 11.8 Å². The number of hydrogen-bond acceptors (Lipinski definition) is 3. The molecule has 0 N–H and O–H groups in total. The molecule has 2 unspecified atom stereocenters. The average Bonchev–Trinajstić information content (AvgIpc) is 2.61. The van der Waals surface area contributed by atoms with Crippen LogP contribution >= 0.6 is 23.2 Å². The summed E-state index contributed by atoms with van der Waals surface area (Å²) in [5.41, 5.74) is 0. The van der Waals surface area contributed by atoms with Crippen molar-refractivity contribution in [2.75, 3.05) is 11.8 Å². The molecule has 2 rings (SSSR count). The fraction of sp³-hybridized carbons (Fsp3) is 0.947. The van der Waals surface area contributed by atoms with Gasteiger partial charge in [-0.15, -0.1) is 23.2 Å². The van der Waals surface area contributed by atoms with E-state index in [0.717, 1.165) is 51.4 Å². The fourth-order valence-electron chi connectivity index (χ4n) is 4.10. The van der Waals surface area contributed by atoms with Crippen molar-refractivity contribution in [1.29, 1.82) is 0 Å². The van der Waals surface area contributed by atoms with Crippen LogP contribution in [0.2, 0.25) is 0 Å². The van der Waals surface area contributed by atoms with Crippen molar-refractivity contribution in [3.05, 3.63) is 0 Å². The highest BCUT2D eigenvalue weighted by Crippen LogP contribution is 2.34. The van der Waals surface area contributed by atoms with E-state index in [0.29, 0.717) is 35.4 Å². The molecular weight excluding hydrogens is 347 g/mol. The number of hydrogen-bond donors (Lipinski definition) is 0. The molecule has 2 aliphatic rings. The van der Waals surface area contributed by atoms with Crippen LogP contribution in [0.15, 0.2) is 0 Å². The summed E-state index contributed by atoms with van der Waals surface area (Å²) in [5, 5.41) is 0. The molecule has 140 valence electrons. The molecule has 0 aliphatic heterocycles. The molecule has 0 aromatic rings. The molecule has 24 heavy (non-hydrogen) atoms. The number of ether oxygens (including phenoxy) is 2. The third-order valence-corrected chi connectivity index (χ3v) is 7.03. The highest BCUT2D eigenvalue weighted by atomic mass is 35.5. The Labute approximate surface area is 156 Å². The first kappa shape index (κ1) is 20.2. The van der Waals surface area contributed by atoms with Crippen LogP contribution < -0.4 is 0 Å². The predicted octanol–water partition coefficient (Wildman–Crippen LogP) is 6.01. The molecule has 2 atom stereocenters. The number of alkyl halides is 2. The van der Waals surface area contributed by atoms with Crippen molar-refractivity contribution >= 4 is 29.4 Å². The van der Waals surface area contributed by atoms with Crippen LogP contribution in [0, 0.1) is 23.7 Å². The maximum Gasteiger partial charge on any atom is 0.508 e. The largest absolute Gasteiger partial charge is 0.508 e. The van der Waals surface area contributed by atoms with E-state index in [1.807, 2.05) is 0 Å². The zero-order valence-electron chi connectivity index (χ0n) is 15.0. The van der Waals surface area contributed by atoms with Crippen LogP contribution in [-0.2, 0) is 9.47 Å². The summed E-state index contributed by atoms with van der Waals surface area (Å²) in [6.07, 6.45) is 7.65. The van der Waals surface area contributed by atoms with Crippen LogP contribution in [0.25, 0.3) is 0 Å². The lowest BCUT2D eigenvalue weighted by molar-refractivity contribution is -0.0287. The molecule has 0 radical (unpaired) electrons. The molecule has 0 aromatic heterocycles. The summed E-state index contributed by atoms with van der Waals surface area (Å²) in [6.45, 7) is 4.41. The molecule has 3 nitrogen and oxygen atoms in total. The summed E-state index contributed by atoms with van der Waals surface area (Å²) in [5.74, 6) is 3.84. The first-order chi connectivity index (χ1) is 11.5. The minimum absolute atomic E-state index is 0.0175. The van der Waals surface area contributed by atoms with Gasteiger partial charge in [0.2, 0.25) is 0 Å². The summed E-state index contributed by atoms with van der Waals surface area (Å²) < 4.78 is 11.1. The predicted molar refractivity (Wildman–Crippen MR) is 98.8 cm³/mol. The van der Waals surface area contributed by atoms with Crippen LogP contribution in [0.1, 0.15) is 65.2 Å². The summed E-state index contributed by atoms with van der Waals surface area (Å²) in [7, 11) is 0. The quantitative estimate of drug-likeness (QED) is 0.419. The zero-order valence-corrected chi connectivity index (χ0v) is 16.5. The summed E-state index contributed by atoms with van der Waals surface area (Å²) in [6, 6.07) is 0. The van der Waals surface area contributed by atoms with Crippen molar-refractivity contribution in [1.82, 2.24) is 0 Å². The van der Waals surface area contributed by atoms with Gasteiger partial charge in [-0.2, -0.15) is 0 Å². The Morgan fingerprint density at radius 3 is 1.42 bits per heavy atom. The van der Waals surface area contributed by atoms with E-state index in [2.05, 4.69) is 13.8 Å². The minimum atomic E-state index is -0.474. The van der Waals surface area contributed by atoms with Gasteiger partial charge in [-0.1, -0.05) is 13.8 Å². The van der Waals surface area contributed by atoms with Gasteiger partial charge < -0.3 is 9.47 Å². The smallest absolute Gasteiger partial charge is 0.431 e. The average molecular weight is 379 g/mol. The van der Waals surface area contributed by atoms with Gasteiger partial charge in [0.1, 0.15) is 12.2 Å². The number of rotatable bonds is 6. The van der Waals surface area contributed by atoms with Crippen molar-refractivity contribution in [2.24, 2.45) is 23.7 Å². The second kappa shape index (κ2) is 10.1. The molecule has 0 amide bonds. The molecule has 2 fully saturated rings. The van der Waals surface area contributed by atoms with E-state index >= 15 is 0 Å². The second-order valence-corrected chi connectivity index (χ2v) is 8.44. The van der Waals surface area contributed by atoms with Gasteiger partial charge in [-0.25, -0.2) is 4.79 Å². The van der Waals surface area contributed by atoms with Crippen molar-refractivity contribution in [3.63, 3.8) is 0 Å². The molecular formula is C19H32Cl2O3. The maximum atomic E-state index is 12.0. The molecule has 0 saturated heterocycles. The topological polar surface area (TPSA) is 35.5 Å². The Balaban J connectivity index is 1.64. The highest BCUT2D eigenvalue weighted by molar-refractivity contribution is 6.18. The van der Waals surface area contributed by atoms with E-state index in [9.17, 15) is 4.79 Å². The lowest BCUT2D eigenvalue weighted by Gasteiger charge is -2.33. The van der Waals surface area contributed by atoms with Gasteiger partial charge in [0.25, 0.3) is 0 Å². The van der Waals surface area contributed by atoms with E-state index in [1.54, 1.807) is 0 Å². The fourth-order valence-corrected chi connectivity index (χ4v) is 4.61.